The molecule has 16 heavy (non-hydrogen) atoms. The molecule has 3 heteroatoms. The van der Waals surface area contributed by atoms with Crippen molar-refractivity contribution in [2.45, 2.75) is 52.1 Å². The number of carbonyl (C=O) groups excluding carboxylic acids is 1. The molecule has 0 aromatic rings. The van der Waals surface area contributed by atoms with Crippen LogP contribution in [0.15, 0.2) is 0 Å². The second-order valence-corrected chi connectivity index (χ2v) is 5.44. The van der Waals surface area contributed by atoms with Gasteiger partial charge < -0.3 is 4.90 Å². The number of carbonyl (C=O) groups is 1. The number of hydrogen-bond acceptors (Lipinski definition) is 2. The fourth-order valence-corrected chi connectivity index (χ4v) is 1.99. The fourth-order valence-electron chi connectivity index (χ4n) is 1.99. The van der Waals surface area contributed by atoms with Crippen LogP contribution in [-0.2, 0) is 4.79 Å². The Bertz CT molecular complexity index is 332. The molecule has 1 amide bonds. The van der Waals surface area contributed by atoms with E-state index in [1.165, 1.54) is 0 Å². The zero-order chi connectivity index (χ0) is 12.3. The largest absolute Gasteiger partial charge is 0.313 e. The third-order valence-corrected chi connectivity index (χ3v) is 2.70. The summed E-state index contributed by atoms with van der Waals surface area (Å²) in [6, 6.07) is 1.62. The molecule has 1 rings (SSSR count). The number of hydrogen-bond donors (Lipinski definition) is 0. The lowest BCUT2D eigenvalue weighted by Gasteiger charge is -2.27. The first-order chi connectivity index (χ1) is 7.39. The third kappa shape index (κ3) is 2.76. The molecule has 1 fully saturated rings. The minimum atomic E-state index is -0.337. The average molecular weight is 218 g/mol. The van der Waals surface area contributed by atoms with Gasteiger partial charge in [0.05, 0.1) is 12.1 Å². The second kappa shape index (κ2) is 4.58. The predicted octanol–water partition coefficient (Wildman–Crippen LogP) is 1.94. The van der Waals surface area contributed by atoms with Crippen LogP contribution in [0, 0.1) is 29.1 Å². The maximum absolute atomic E-state index is 12.1. The summed E-state index contributed by atoms with van der Waals surface area (Å²) < 4.78 is 0. The molecule has 0 radical (unpaired) electrons. The van der Waals surface area contributed by atoms with Gasteiger partial charge in [0.25, 0.3) is 0 Å². The molecule has 0 spiro atoms. The number of amides is 1. The molecular weight excluding hydrogens is 200 g/mol. The van der Waals surface area contributed by atoms with Crippen molar-refractivity contribution >= 4 is 5.91 Å². The van der Waals surface area contributed by atoms with Gasteiger partial charge in [-0.05, 0) is 18.3 Å². The molecule has 2 atom stereocenters. The second-order valence-electron chi connectivity index (χ2n) is 5.44. The molecule has 2 unspecified atom stereocenters. The number of nitrogens with zero attached hydrogens (tertiary/aromatic N) is 2. The molecule has 0 aliphatic carbocycles. The molecule has 3 nitrogen and oxygen atoms in total. The summed E-state index contributed by atoms with van der Waals surface area (Å²) in [6.07, 6.45) is 7.26. The Morgan fingerprint density at radius 1 is 1.44 bits per heavy atom. The van der Waals surface area contributed by atoms with Gasteiger partial charge in [-0.15, -0.1) is 6.42 Å². The van der Waals surface area contributed by atoms with Crippen LogP contribution in [0.4, 0.5) is 0 Å². The van der Waals surface area contributed by atoms with Crippen LogP contribution in [0.2, 0.25) is 0 Å². The van der Waals surface area contributed by atoms with E-state index in [0.717, 1.165) is 6.42 Å². The predicted molar refractivity (Wildman–Crippen MR) is 62.2 cm³/mol. The minimum absolute atomic E-state index is 0.000463. The maximum Gasteiger partial charge on any atom is 0.225 e. The standard InChI is InChI=1S/C13H18N2O/c1-5-10-6-7-11(9-14)15(10)12(16)8-13(2,3)4/h1,10-11H,6-8H2,2-4H3. The average Bonchev–Trinajstić information content (AvgIpc) is 2.57. The molecule has 0 N–H and O–H groups in total. The van der Waals surface area contributed by atoms with E-state index in [1.807, 2.05) is 20.8 Å². The Morgan fingerprint density at radius 3 is 2.44 bits per heavy atom. The highest BCUT2D eigenvalue weighted by molar-refractivity contribution is 5.78. The van der Waals surface area contributed by atoms with Crippen LogP contribution >= 0.6 is 0 Å². The smallest absolute Gasteiger partial charge is 0.225 e. The zero-order valence-corrected chi connectivity index (χ0v) is 10.2. The number of rotatable bonds is 1. The molecule has 1 aliphatic heterocycles. The first-order valence-electron chi connectivity index (χ1n) is 5.56. The summed E-state index contributed by atoms with van der Waals surface area (Å²) in [5, 5.41) is 8.98. The summed E-state index contributed by atoms with van der Waals surface area (Å²) in [5.41, 5.74) is -0.0706. The highest BCUT2D eigenvalue weighted by Crippen LogP contribution is 2.28. The van der Waals surface area contributed by atoms with Crippen LogP contribution in [0.1, 0.15) is 40.0 Å². The quantitative estimate of drug-likeness (QED) is 0.631. The summed E-state index contributed by atoms with van der Waals surface area (Å²) in [7, 11) is 0. The van der Waals surface area contributed by atoms with Gasteiger partial charge in [0.2, 0.25) is 5.91 Å². The topological polar surface area (TPSA) is 44.1 Å². The van der Waals surface area contributed by atoms with Crippen molar-refractivity contribution in [3.05, 3.63) is 0 Å². The van der Waals surface area contributed by atoms with Crippen molar-refractivity contribution in [1.29, 1.82) is 5.26 Å². The number of likely N-dealkylation sites (tertiary alicyclic amines) is 1. The Kier molecular flexibility index (Phi) is 3.60. The van der Waals surface area contributed by atoms with Gasteiger partial charge in [0, 0.05) is 6.42 Å². The first-order valence-corrected chi connectivity index (χ1v) is 5.56. The Labute approximate surface area is 97.4 Å². The molecule has 0 bridgehead atoms. The van der Waals surface area contributed by atoms with Crippen LogP contribution < -0.4 is 0 Å². The van der Waals surface area contributed by atoms with Crippen LogP contribution in [0.25, 0.3) is 0 Å². The van der Waals surface area contributed by atoms with Gasteiger partial charge in [-0.25, -0.2) is 0 Å². The molecule has 86 valence electrons. The van der Waals surface area contributed by atoms with Gasteiger partial charge in [0.15, 0.2) is 0 Å². The van der Waals surface area contributed by atoms with Gasteiger partial charge >= 0.3 is 0 Å². The number of terminal acetylenes is 1. The molecule has 1 heterocycles. The van der Waals surface area contributed by atoms with E-state index in [0.29, 0.717) is 12.8 Å². The zero-order valence-electron chi connectivity index (χ0n) is 10.2. The monoisotopic (exact) mass is 218 g/mol. The van der Waals surface area contributed by atoms with E-state index in [9.17, 15) is 4.79 Å². The van der Waals surface area contributed by atoms with E-state index >= 15 is 0 Å². The lowest BCUT2D eigenvalue weighted by Crippen LogP contribution is -2.41. The molecular formula is C13H18N2O. The Balaban J connectivity index is 2.80. The van der Waals surface area contributed by atoms with Gasteiger partial charge in [-0.1, -0.05) is 26.7 Å². The summed E-state index contributed by atoms with van der Waals surface area (Å²) in [4.78, 5) is 13.7. The molecule has 0 saturated carbocycles. The lowest BCUT2D eigenvalue weighted by atomic mass is 9.91. The minimum Gasteiger partial charge on any atom is -0.313 e. The van der Waals surface area contributed by atoms with Crippen molar-refractivity contribution in [1.82, 2.24) is 4.90 Å². The van der Waals surface area contributed by atoms with Crippen LogP contribution in [-0.4, -0.2) is 22.9 Å². The third-order valence-electron chi connectivity index (χ3n) is 2.70. The highest BCUT2D eigenvalue weighted by atomic mass is 16.2. The molecule has 1 aliphatic rings. The lowest BCUT2D eigenvalue weighted by molar-refractivity contribution is -0.134. The maximum atomic E-state index is 12.1. The van der Waals surface area contributed by atoms with Crippen LogP contribution in [0.5, 0.6) is 0 Å². The van der Waals surface area contributed by atoms with E-state index in [4.69, 9.17) is 11.7 Å². The van der Waals surface area contributed by atoms with Gasteiger partial charge in [-0.3, -0.25) is 4.79 Å². The summed E-state index contributed by atoms with van der Waals surface area (Å²) >= 11 is 0. The first kappa shape index (κ1) is 12.6. The van der Waals surface area contributed by atoms with Gasteiger partial charge in [0.1, 0.15) is 6.04 Å². The van der Waals surface area contributed by atoms with Crippen molar-refractivity contribution in [2.24, 2.45) is 5.41 Å². The van der Waals surface area contributed by atoms with E-state index in [2.05, 4.69) is 12.0 Å². The molecule has 0 aromatic heterocycles. The van der Waals surface area contributed by atoms with E-state index in [1.54, 1.807) is 4.90 Å². The Morgan fingerprint density at radius 2 is 2.00 bits per heavy atom. The van der Waals surface area contributed by atoms with Crippen molar-refractivity contribution in [3.8, 4) is 18.4 Å². The van der Waals surface area contributed by atoms with Crippen LogP contribution in [0.3, 0.4) is 0 Å². The Hall–Kier alpha value is -1.48. The number of nitriles is 1. The SMILES string of the molecule is C#CC1CCC(C#N)N1C(=O)CC(C)(C)C. The van der Waals surface area contributed by atoms with Crippen molar-refractivity contribution in [2.75, 3.05) is 0 Å². The van der Waals surface area contributed by atoms with Crippen molar-refractivity contribution < 1.29 is 4.79 Å². The van der Waals surface area contributed by atoms with E-state index in [-0.39, 0.29) is 23.4 Å². The summed E-state index contributed by atoms with van der Waals surface area (Å²) in [5.74, 6) is 2.60. The van der Waals surface area contributed by atoms with Gasteiger partial charge in [-0.2, -0.15) is 5.26 Å². The molecule has 0 aromatic carbocycles. The normalized spacial score (nSPS) is 24.9. The molecule has 1 saturated heterocycles. The fraction of sp³-hybridized carbons (Fsp3) is 0.692. The van der Waals surface area contributed by atoms with Crippen molar-refractivity contribution in [3.63, 3.8) is 0 Å². The highest BCUT2D eigenvalue weighted by Gasteiger charge is 2.36. The summed E-state index contributed by atoms with van der Waals surface area (Å²) in [6.45, 7) is 6.02. The van der Waals surface area contributed by atoms with E-state index < -0.39 is 0 Å².